The lowest BCUT2D eigenvalue weighted by atomic mass is 10.1. The highest BCUT2D eigenvalue weighted by molar-refractivity contribution is 5.73. The van der Waals surface area contributed by atoms with Crippen molar-refractivity contribution in [2.75, 3.05) is 5.73 Å². The lowest BCUT2D eigenvalue weighted by Crippen LogP contribution is -1.92. The van der Waals surface area contributed by atoms with Crippen molar-refractivity contribution in [3.8, 4) is 0 Å². The first kappa shape index (κ1) is 11.6. The molecule has 2 heteroatoms. The fourth-order valence-corrected chi connectivity index (χ4v) is 0.946. The summed E-state index contributed by atoms with van der Waals surface area (Å²) in [5.41, 5.74) is 13.8. The van der Waals surface area contributed by atoms with Gasteiger partial charge in [0.2, 0.25) is 0 Å². The molecule has 0 amide bonds. The van der Waals surface area contributed by atoms with Crippen molar-refractivity contribution in [1.82, 2.24) is 0 Å². The van der Waals surface area contributed by atoms with E-state index in [1.54, 1.807) is 6.20 Å². The van der Waals surface area contributed by atoms with Gasteiger partial charge in [0, 0.05) is 11.3 Å². The van der Waals surface area contributed by atoms with Gasteiger partial charge in [-0.15, -0.1) is 0 Å². The summed E-state index contributed by atoms with van der Waals surface area (Å²) in [5, 5.41) is 0. The molecule has 0 saturated heterocycles. The molecule has 0 saturated carbocycles. The Bertz CT molecular complexity index is 277. The predicted molar refractivity (Wildman–Crippen MR) is 60.0 cm³/mol. The van der Waals surface area contributed by atoms with E-state index in [-0.39, 0.29) is 0 Å². The number of para-hydroxylation sites is 1. The Morgan fingerprint density at radius 1 is 1.23 bits per heavy atom. The number of hydrogen-bond donors (Lipinski definition) is 2. The smallest absolute Gasteiger partial charge is 0.0390 e. The van der Waals surface area contributed by atoms with Gasteiger partial charge in [-0.2, -0.15) is 0 Å². The van der Waals surface area contributed by atoms with Crippen LogP contribution in [0.4, 0.5) is 5.69 Å². The van der Waals surface area contributed by atoms with Crippen LogP contribution in [0, 0.1) is 0 Å². The topological polar surface area (TPSA) is 52.0 Å². The molecule has 0 aliphatic carbocycles. The largest absolute Gasteiger partial charge is 0.404 e. The maximum atomic E-state index is 5.70. The molecule has 0 heterocycles. The molecule has 0 fully saturated rings. The first-order chi connectivity index (χ1) is 6.25. The molecular weight excluding hydrogens is 160 g/mol. The Labute approximate surface area is 80.3 Å². The molecule has 1 aromatic carbocycles. The molecule has 0 bridgehead atoms. The van der Waals surface area contributed by atoms with Crippen molar-refractivity contribution in [3.05, 3.63) is 36.0 Å². The summed E-state index contributed by atoms with van der Waals surface area (Å²) in [5.74, 6) is 0. The normalized spacial score (nSPS) is 10.2. The van der Waals surface area contributed by atoms with Crippen LogP contribution in [0.2, 0.25) is 0 Å². The third-order valence-electron chi connectivity index (χ3n) is 1.64. The quantitative estimate of drug-likeness (QED) is 0.649. The van der Waals surface area contributed by atoms with Crippen LogP contribution in [0.15, 0.2) is 30.5 Å². The summed E-state index contributed by atoms with van der Waals surface area (Å²) < 4.78 is 0. The number of nitrogen functional groups attached to an aromatic ring is 1. The summed E-state index contributed by atoms with van der Waals surface area (Å²) >= 11 is 0. The fourth-order valence-electron chi connectivity index (χ4n) is 0.946. The van der Waals surface area contributed by atoms with Gasteiger partial charge in [0.25, 0.3) is 0 Å². The molecule has 1 rings (SSSR count). The molecule has 1 aromatic rings. The Balaban J connectivity index is 0.000000671. The average molecular weight is 178 g/mol. The Morgan fingerprint density at radius 3 is 2.23 bits per heavy atom. The van der Waals surface area contributed by atoms with E-state index in [0.29, 0.717) is 0 Å². The maximum absolute atomic E-state index is 5.70. The van der Waals surface area contributed by atoms with Crippen molar-refractivity contribution >= 4 is 11.3 Å². The van der Waals surface area contributed by atoms with E-state index < -0.39 is 0 Å². The average Bonchev–Trinajstić information content (AvgIpc) is 2.20. The molecule has 13 heavy (non-hydrogen) atoms. The van der Waals surface area contributed by atoms with Gasteiger partial charge in [-0.3, -0.25) is 0 Å². The minimum Gasteiger partial charge on any atom is -0.404 e. The molecular formula is C11H18N2. The number of hydrogen-bond acceptors (Lipinski definition) is 2. The number of nitrogens with two attached hydrogens (primary N) is 2. The molecule has 72 valence electrons. The van der Waals surface area contributed by atoms with Gasteiger partial charge >= 0.3 is 0 Å². The minimum atomic E-state index is 0.770. The van der Waals surface area contributed by atoms with Crippen LogP contribution in [0.1, 0.15) is 26.3 Å². The molecule has 0 aromatic heterocycles. The Kier molecular flexibility index (Phi) is 5.44. The summed E-state index contributed by atoms with van der Waals surface area (Å²) in [6, 6.07) is 7.66. The van der Waals surface area contributed by atoms with E-state index in [1.165, 1.54) is 0 Å². The molecule has 0 atom stereocenters. The van der Waals surface area contributed by atoms with E-state index in [4.69, 9.17) is 11.5 Å². The molecule has 0 aliphatic rings. The van der Waals surface area contributed by atoms with Crippen LogP contribution in [-0.2, 0) is 0 Å². The van der Waals surface area contributed by atoms with Crippen molar-refractivity contribution < 1.29 is 0 Å². The SMILES string of the molecule is C/C(=C/N)c1ccccc1N.CC. The summed E-state index contributed by atoms with van der Waals surface area (Å²) in [6.07, 6.45) is 1.56. The number of allylic oxidation sites excluding steroid dienone is 1. The molecule has 0 aliphatic heterocycles. The molecule has 2 nitrogen and oxygen atoms in total. The fraction of sp³-hybridized carbons (Fsp3) is 0.273. The zero-order valence-corrected chi connectivity index (χ0v) is 8.54. The van der Waals surface area contributed by atoms with Gasteiger partial charge in [0.05, 0.1) is 0 Å². The van der Waals surface area contributed by atoms with E-state index >= 15 is 0 Å². The van der Waals surface area contributed by atoms with E-state index in [1.807, 2.05) is 45.0 Å². The van der Waals surface area contributed by atoms with Crippen LogP contribution in [0.25, 0.3) is 5.57 Å². The van der Waals surface area contributed by atoms with Crippen molar-refractivity contribution in [1.29, 1.82) is 0 Å². The lowest BCUT2D eigenvalue weighted by Gasteiger charge is -2.03. The van der Waals surface area contributed by atoms with E-state index in [9.17, 15) is 0 Å². The second kappa shape index (κ2) is 6.12. The minimum absolute atomic E-state index is 0.770. The third-order valence-corrected chi connectivity index (χ3v) is 1.64. The highest BCUT2D eigenvalue weighted by Gasteiger charge is 1.97. The monoisotopic (exact) mass is 178 g/mol. The Hall–Kier alpha value is -1.44. The number of benzene rings is 1. The van der Waals surface area contributed by atoms with Crippen LogP contribution in [0.5, 0.6) is 0 Å². The number of rotatable bonds is 1. The lowest BCUT2D eigenvalue weighted by molar-refractivity contribution is 1.50. The predicted octanol–water partition coefficient (Wildman–Crippen LogP) is 2.61. The third kappa shape index (κ3) is 3.20. The van der Waals surface area contributed by atoms with Gasteiger partial charge in [0.15, 0.2) is 0 Å². The van der Waals surface area contributed by atoms with Crippen LogP contribution in [0.3, 0.4) is 0 Å². The zero-order valence-electron chi connectivity index (χ0n) is 8.54. The molecule has 0 unspecified atom stereocenters. The summed E-state index contributed by atoms with van der Waals surface area (Å²) in [7, 11) is 0. The number of anilines is 1. The summed E-state index contributed by atoms with van der Waals surface area (Å²) in [6.45, 7) is 5.94. The standard InChI is InChI=1S/C9H12N2.C2H6/c1-7(6-10)8-4-2-3-5-9(8)11;1-2/h2-6H,10-11H2,1H3;1-2H3/b7-6-;. The van der Waals surface area contributed by atoms with E-state index in [0.717, 1.165) is 16.8 Å². The first-order valence-corrected chi connectivity index (χ1v) is 4.49. The van der Waals surface area contributed by atoms with E-state index in [2.05, 4.69) is 0 Å². The van der Waals surface area contributed by atoms with Gasteiger partial charge in [-0.1, -0.05) is 32.0 Å². The van der Waals surface area contributed by atoms with Crippen LogP contribution >= 0.6 is 0 Å². The maximum Gasteiger partial charge on any atom is 0.0390 e. The molecule has 0 radical (unpaired) electrons. The van der Waals surface area contributed by atoms with Gasteiger partial charge in [-0.25, -0.2) is 0 Å². The Morgan fingerprint density at radius 2 is 1.77 bits per heavy atom. The highest BCUT2D eigenvalue weighted by atomic mass is 14.6. The van der Waals surface area contributed by atoms with Crippen LogP contribution < -0.4 is 11.5 Å². The molecule has 0 spiro atoms. The van der Waals surface area contributed by atoms with Gasteiger partial charge in [0.1, 0.15) is 0 Å². The highest BCUT2D eigenvalue weighted by Crippen LogP contribution is 2.18. The van der Waals surface area contributed by atoms with Gasteiger partial charge < -0.3 is 11.5 Å². The second-order valence-corrected chi connectivity index (χ2v) is 2.44. The van der Waals surface area contributed by atoms with Crippen molar-refractivity contribution in [2.24, 2.45) is 5.73 Å². The van der Waals surface area contributed by atoms with Crippen LogP contribution in [-0.4, -0.2) is 0 Å². The zero-order chi connectivity index (χ0) is 10.3. The first-order valence-electron chi connectivity index (χ1n) is 4.49. The van der Waals surface area contributed by atoms with Crippen molar-refractivity contribution in [2.45, 2.75) is 20.8 Å². The molecule has 4 N–H and O–H groups in total. The second-order valence-electron chi connectivity index (χ2n) is 2.44. The summed E-state index contributed by atoms with van der Waals surface area (Å²) in [4.78, 5) is 0. The van der Waals surface area contributed by atoms with Crippen molar-refractivity contribution in [3.63, 3.8) is 0 Å². The van der Waals surface area contributed by atoms with Gasteiger partial charge in [-0.05, 0) is 24.8 Å².